The van der Waals surface area contributed by atoms with Crippen LogP contribution in [0.1, 0.15) is 33.9 Å². The van der Waals surface area contributed by atoms with Crippen molar-refractivity contribution in [3.63, 3.8) is 0 Å². The Bertz CT molecular complexity index is 1190. The van der Waals surface area contributed by atoms with Crippen molar-refractivity contribution >= 4 is 6.08 Å². The average molecular weight is 448 g/mol. The molecule has 0 spiro atoms. The Hall–Kier alpha value is -3.51. The molecule has 2 aliphatic heterocycles. The van der Waals surface area contributed by atoms with Crippen LogP contribution < -0.4 is 24.3 Å². The Balaban J connectivity index is 1.43. The highest BCUT2D eigenvalue weighted by molar-refractivity contribution is 5.62. The van der Waals surface area contributed by atoms with Crippen molar-refractivity contribution in [2.75, 3.05) is 20.4 Å². The number of hydrogen-bond donors (Lipinski definition) is 1. The fraction of sp³-hybridized carbons (Fsp3) is 0.259. The average Bonchev–Trinajstić information content (AvgIpc) is 3.29. The van der Waals surface area contributed by atoms with Gasteiger partial charge in [-0.05, 0) is 53.8 Å². The predicted molar refractivity (Wildman–Crippen MR) is 125 cm³/mol. The van der Waals surface area contributed by atoms with E-state index in [2.05, 4.69) is 5.32 Å². The smallest absolute Gasteiger partial charge is 0.231 e. The van der Waals surface area contributed by atoms with Gasteiger partial charge in [0, 0.05) is 12.1 Å². The van der Waals surface area contributed by atoms with E-state index in [1.807, 2.05) is 67.6 Å². The molecule has 3 aromatic rings. The Morgan fingerprint density at radius 2 is 1.91 bits per heavy atom. The van der Waals surface area contributed by atoms with Crippen LogP contribution in [0.2, 0.25) is 0 Å². The third-order valence-corrected chi connectivity index (χ3v) is 6.05. The molecule has 1 N–H and O–H groups in total. The summed E-state index contributed by atoms with van der Waals surface area (Å²) in [6.07, 6.45) is 4.69. The summed E-state index contributed by atoms with van der Waals surface area (Å²) in [5.74, 6) is 1.65. The van der Waals surface area contributed by atoms with E-state index in [0.29, 0.717) is 24.3 Å². The van der Waals surface area contributed by atoms with Crippen molar-refractivity contribution < 1.29 is 23.3 Å². The summed E-state index contributed by atoms with van der Waals surface area (Å²) in [5.41, 5.74) is 4.60. The molecular weight excluding hydrogens is 421 g/mol. The van der Waals surface area contributed by atoms with E-state index in [0.717, 1.165) is 40.3 Å². The molecule has 6 heteroatoms. The number of aryl methyl sites for hydroxylation is 1. The second-order valence-electron chi connectivity index (χ2n) is 8.17. The quantitative estimate of drug-likeness (QED) is 0.552. The van der Waals surface area contributed by atoms with Gasteiger partial charge in [0.1, 0.15) is 6.61 Å². The van der Waals surface area contributed by atoms with Gasteiger partial charge in [-0.3, -0.25) is 0 Å². The van der Waals surface area contributed by atoms with Gasteiger partial charge < -0.3 is 24.3 Å². The molecule has 3 aromatic carbocycles. The maximum absolute atomic E-state index is 15.7. The lowest BCUT2D eigenvalue weighted by Crippen LogP contribution is -2.30. The Labute approximate surface area is 192 Å². The van der Waals surface area contributed by atoms with Crippen LogP contribution in [-0.4, -0.2) is 20.4 Å². The predicted octanol–water partition coefficient (Wildman–Crippen LogP) is 5.35. The van der Waals surface area contributed by atoms with Crippen molar-refractivity contribution in [3.05, 3.63) is 88.2 Å². The molecule has 2 aliphatic rings. The minimum Gasteiger partial charge on any atom is -0.490 e. The third kappa shape index (κ3) is 4.26. The van der Waals surface area contributed by atoms with Gasteiger partial charge in [-0.1, -0.05) is 42.5 Å². The van der Waals surface area contributed by atoms with E-state index in [4.69, 9.17) is 18.9 Å². The number of halogens is 1. The van der Waals surface area contributed by atoms with Gasteiger partial charge >= 0.3 is 0 Å². The van der Waals surface area contributed by atoms with Crippen molar-refractivity contribution in [2.45, 2.75) is 26.0 Å². The standard InChI is InChI=1S/C27H26FNO4/c1-17-12-22-23(33-16-32-22)13-19(17)8-9-21-25-20(10-11-29-21)14-24(27(30-2)26(25)28)31-15-18-6-4-3-5-7-18/h3-9,12-14,21,29H,10-11,15-16H2,1-2H3/b9-8+. The van der Waals surface area contributed by atoms with Crippen molar-refractivity contribution in [1.29, 1.82) is 0 Å². The first kappa shape index (κ1) is 21.3. The molecular formula is C27H26FNO4. The summed E-state index contributed by atoms with van der Waals surface area (Å²) >= 11 is 0. The molecule has 0 bridgehead atoms. The zero-order chi connectivity index (χ0) is 22.8. The Morgan fingerprint density at radius 3 is 2.70 bits per heavy atom. The first-order chi connectivity index (χ1) is 16.1. The second-order valence-corrected chi connectivity index (χ2v) is 8.17. The molecule has 0 saturated carbocycles. The molecule has 1 unspecified atom stereocenters. The summed E-state index contributed by atoms with van der Waals surface area (Å²) in [4.78, 5) is 0. The van der Waals surface area contributed by atoms with Crippen LogP contribution in [0.15, 0.2) is 54.6 Å². The number of rotatable bonds is 6. The topological polar surface area (TPSA) is 49.0 Å². The SMILES string of the molecule is COc1c(OCc2ccccc2)cc2c(c1F)C(/C=C/c1cc3c(cc1C)OCO3)NCC2. The number of nitrogens with one attached hydrogen (secondary N) is 1. The number of ether oxygens (including phenoxy) is 4. The number of methoxy groups -OCH3 is 1. The van der Waals surface area contributed by atoms with Gasteiger partial charge in [0.2, 0.25) is 6.79 Å². The maximum Gasteiger partial charge on any atom is 0.231 e. The zero-order valence-electron chi connectivity index (χ0n) is 18.7. The fourth-order valence-electron chi connectivity index (χ4n) is 4.32. The molecule has 33 heavy (non-hydrogen) atoms. The summed E-state index contributed by atoms with van der Waals surface area (Å²) in [5, 5.41) is 3.41. The van der Waals surface area contributed by atoms with E-state index < -0.39 is 0 Å². The molecule has 0 aliphatic carbocycles. The largest absolute Gasteiger partial charge is 0.490 e. The van der Waals surface area contributed by atoms with Crippen LogP contribution >= 0.6 is 0 Å². The molecule has 0 saturated heterocycles. The van der Waals surface area contributed by atoms with Gasteiger partial charge in [-0.2, -0.15) is 0 Å². The van der Waals surface area contributed by atoms with Crippen LogP contribution in [0.5, 0.6) is 23.0 Å². The minimum atomic E-state index is -0.387. The van der Waals surface area contributed by atoms with E-state index in [1.54, 1.807) is 0 Å². The number of hydrogen-bond acceptors (Lipinski definition) is 5. The van der Waals surface area contributed by atoms with E-state index in [1.165, 1.54) is 7.11 Å². The van der Waals surface area contributed by atoms with Crippen LogP contribution in [0.4, 0.5) is 4.39 Å². The third-order valence-electron chi connectivity index (χ3n) is 6.05. The molecule has 0 amide bonds. The molecule has 0 fully saturated rings. The minimum absolute atomic E-state index is 0.131. The van der Waals surface area contributed by atoms with Crippen LogP contribution in [0.25, 0.3) is 6.08 Å². The van der Waals surface area contributed by atoms with Crippen molar-refractivity contribution in [2.24, 2.45) is 0 Å². The van der Waals surface area contributed by atoms with Crippen molar-refractivity contribution in [3.8, 4) is 23.0 Å². The molecule has 170 valence electrons. The van der Waals surface area contributed by atoms with Crippen LogP contribution in [0, 0.1) is 12.7 Å². The van der Waals surface area contributed by atoms with E-state index in [-0.39, 0.29) is 24.4 Å². The Morgan fingerprint density at radius 1 is 1.12 bits per heavy atom. The van der Waals surface area contributed by atoms with Crippen LogP contribution in [0.3, 0.4) is 0 Å². The molecule has 1 atom stereocenters. The zero-order valence-corrected chi connectivity index (χ0v) is 18.7. The van der Waals surface area contributed by atoms with Gasteiger partial charge in [-0.15, -0.1) is 0 Å². The first-order valence-corrected chi connectivity index (χ1v) is 11.0. The lowest BCUT2D eigenvalue weighted by Gasteiger charge is -2.27. The lowest BCUT2D eigenvalue weighted by atomic mass is 9.92. The fourth-order valence-corrected chi connectivity index (χ4v) is 4.32. The summed E-state index contributed by atoms with van der Waals surface area (Å²) in [6, 6.07) is 15.4. The molecule has 0 aromatic heterocycles. The number of fused-ring (bicyclic) bond motifs is 2. The van der Waals surface area contributed by atoms with E-state index in [9.17, 15) is 0 Å². The molecule has 0 radical (unpaired) electrons. The lowest BCUT2D eigenvalue weighted by molar-refractivity contribution is 0.174. The summed E-state index contributed by atoms with van der Waals surface area (Å²) in [7, 11) is 1.47. The molecule has 5 nitrogen and oxygen atoms in total. The summed E-state index contributed by atoms with van der Waals surface area (Å²) in [6.45, 7) is 3.34. The molecule has 5 rings (SSSR count). The highest BCUT2D eigenvalue weighted by atomic mass is 19.1. The monoisotopic (exact) mass is 447 g/mol. The second kappa shape index (κ2) is 9.16. The van der Waals surface area contributed by atoms with Gasteiger partial charge in [0.15, 0.2) is 28.8 Å². The first-order valence-electron chi connectivity index (χ1n) is 11.0. The normalized spacial score (nSPS) is 16.6. The van der Waals surface area contributed by atoms with E-state index >= 15 is 4.39 Å². The van der Waals surface area contributed by atoms with Gasteiger partial charge in [0.25, 0.3) is 0 Å². The van der Waals surface area contributed by atoms with Crippen molar-refractivity contribution in [1.82, 2.24) is 5.32 Å². The van der Waals surface area contributed by atoms with Gasteiger partial charge in [-0.25, -0.2) is 4.39 Å². The summed E-state index contributed by atoms with van der Waals surface area (Å²) < 4.78 is 38.0. The Kier molecular flexibility index (Phi) is 5.92. The molecule has 2 heterocycles. The highest BCUT2D eigenvalue weighted by Crippen LogP contribution is 2.40. The highest BCUT2D eigenvalue weighted by Gasteiger charge is 2.27. The number of benzene rings is 3. The maximum atomic E-state index is 15.7. The van der Waals surface area contributed by atoms with Gasteiger partial charge in [0.05, 0.1) is 13.2 Å². The van der Waals surface area contributed by atoms with Crippen LogP contribution in [-0.2, 0) is 13.0 Å².